The van der Waals surface area contributed by atoms with E-state index in [1.54, 1.807) is 12.1 Å². The summed E-state index contributed by atoms with van der Waals surface area (Å²) in [5, 5.41) is 0. The Balaban J connectivity index is 1.97. The fourth-order valence-electron chi connectivity index (χ4n) is 2.75. The fourth-order valence-corrected chi connectivity index (χ4v) is 3.96. The van der Waals surface area contributed by atoms with E-state index in [4.69, 9.17) is 0 Å². The number of hydrogen-bond donors (Lipinski definition) is 1. The Morgan fingerprint density at radius 3 is 1.68 bits per heavy atom. The van der Waals surface area contributed by atoms with Gasteiger partial charge >= 0.3 is 0 Å². The van der Waals surface area contributed by atoms with E-state index in [9.17, 15) is 8.42 Å². The molecule has 0 unspecified atom stereocenters. The van der Waals surface area contributed by atoms with Crippen LogP contribution in [0.4, 0.5) is 0 Å². The first-order chi connectivity index (χ1) is 12.1. The third kappa shape index (κ3) is 4.19. The van der Waals surface area contributed by atoms with Gasteiger partial charge in [0.2, 0.25) is 10.0 Å². The highest BCUT2D eigenvalue weighted by molar-refractivity contribution is 7.89. The van der Waals surface area contributed by atoms with E-state index >= 15 is 0 Å². The van der Waals surface area contributed by atoms with Crippen LogP contribution in [0, 0.1) is 0 Å². The summed E-state index contributed by atoms with van der Waals surface area (Å²) in [4.78, 5) is 0.279. The van der Waals surface area contributed by atoms with E-state index in [0.29, 0.717) is 0 Å². The van der Waals surface area contributed by atoms with Gasteiger partial charge < -0.3 is 0 Å². The van der Waals surface area contributed by atoms with Crippen LogP contribution in [0.3, 0.4) is 0 Å². The number of benzene rings is 3. The van der Waals surface area contributed by atoms with Gasteiger partial charge in [-0.15, -0.1) is 0 Å². The number of sulfonamides is 1. The Morgan fingerprint density at radius 1 is 0.760 bits per heavy atom. The minimum Gasteiger partial charge on any atom is -0.207 e. The highest BCUT2D eigenvalue weighted by atomic mass is 32.2. The molecular weight excluding hydrogens is 329 g/mol. The fraction of sp³-hybridized carbons (Fsp3) is 0.100. The maximum atomic E-state index is 12.9. The van der Waals surface area contributed by atoms with E-state index in [0.717, 1.165) is 23.0 Å². The number of nitrogens with one attached hydrogen (secondary N) is 1. The predicted octanol–water partition coefficient (Wildman–Crippen LogP) is 2.89. The van der Waals surface area contributed by atoms with Gasteiger partial charge in [0.15, 0.2) is 0 Å². The number of hydrogen-bond acceptors (Lipinski definition) is 2. The van der Waals surface area contributed by atoms with Crippen LogP contribution >= 0.6 is 0 Å². The van der Waals surface area contributed by atoms with Crippen molar-refractivity contribution in [2.45, 2.75) is 17.3 Å². The first-order valence-electron chi connectivity index (χ1n) is 8.31. The summed E-state index contributed by atoms with van der Waals surface area (Å²) in [5.41, 5.74) is 2.92. The molecule has 0 fully saturated rings. The third-order valence-electron chi connectivity index (χ3n) is 4.18. The Morgan fingerprint density at radius 2 is 1.24 bits per heavy atom. The van der Waals surface area contributed by atoms with E-state index in [-0.39, 0.29) is 4.90 Å². The topological polar surface area (TPSA) is 46.2 Å². The lowest BCUT2D eigenvalue weighted by Crippen LogP contribution is -2.29. The first-order valence-corrected chi connectivity index (χ1v) is 9.79. The average molecular weight is 349 g/mol. The lowest BCUT2D eigenvalue weighted by atomic mass is 9.97. The smallest absolute Gasteiger partial charge is 0.207 e. The SMILES string of the molecule is BCc1ccc(S(=O)(=O)NC(c2ccccc2)c2ccccc2)cc1. The Hall–Kier alpha value is -2.37. The molecule has 0 amide bonds. The number of rotatable bonds is 6. The molecule has 5 heteroatoms. The third-order valence-corrected chi connectivity index (χ3v) is 5.62. The van der Waals surface area contributed by atoms with Crippen molar-refractivity contribution in [2.75, 3.05) is 0 Å². The quantitative estimate of drug-likeness (QED) is 0.696. The molecule has 0 radical (unpaired) electrons. The summed E-state index contributed by atoms with van der Waals surface area (Å²) in [6, 6.07) is 25.8. The second-order valence-corrected chi connectivity index (χ2v) is 7.59. The van der Waals surface area contributed by atoms with Gasteiger partial charge in [-0.25, -0.2) is 8.42 Å². The van der Waals surface area contributed by atoms with Crippen LogP contribution in [0.15, 0.2) is 89.8 Å². The van der Waals surface area contributed by atoms with Crippen LogP contribution in [-0.2, 0) is 16.3 Å². The normalized spacial score (nSPS) is 11.6. The van der Waals surface area contributed by atoms with Gasteiger partial charge in [-0.3, -0.25) is 0 Å². The van der Waals surface area contributed by atoms with E-state index < -0.39 is 16.1 Å². The summed E-state index contributed by atoms with van der Waals surface area (Å²) in [6.07, 6.45) is 0.879. The molecule has 0 aromatic heterocycles. The molecule has 0 heterocycles. The standard InChI is InChI=1S/C20H20BNO2S/c21-15-16-11-13-19(14-12-16)25(23,24)22-20(17-7-3-1-4-8-17)18-9-5-2-6-10-18/h1-14,20,22H,15,21H2. The molecule has 126 valence electrons. The van der Waals surface area contributed by atoms with Crippen molar-refractivity contribution in [3.8, 4) is 0 Å². The van der Waals surface area contributed by atoms with Crippen LogP contribution in [0.2, 0.25) is 0 Å². The zero-order chi connectivity index (χ0) is 17.7. The molecule has 0 saturated carbocycles. The van der Waals surface area contributed by atoms with Crippen LogP contribution in [0.25, 0.3) is 0 Å². The molecule has 0 aliphatic rings. The van der Waals surface area contributed by atoms with Gasteiger partial charge in [-0.2, -0.15) is 4.72 Å². The molecule has 0 aliphatic carbocycles. The van der Waals surface area contributed by atoms with Crippen LogP contribution in [0.1, 0.15) is 22.7 Å². The Labute approximate surface area is 150 Å². The highest BCUT2D eigenvalue weighted by Gasteiger charge is 2.22. The monoisotopic (exact) mass is 349 g/mol. The zero-order valence-corrected chi connectivity index (χ0v) is 14.9. The molecule has 0 atom stereocenters. The van der Waals surface area contributed by atoms with Crippen LogP contribution < -0.4 is 4.72 Å². The minimum absolute atomic E-state index is 0.279. The van der Waals surface area contributed by atoms with Crippen molar-refractivity contribution in [3.05, 3.63) is 102 Å². The zero-order valence-electron chi connectivity index (χ0n) is 14.1. The highest BCUT2D eigenvalue weighted by Crippen LogP contribution is 2.24. The van der Waals surface area contributed by atoms with Crippen LogP contribution in [-0.4, -0.2) is 16.3 Å². The average Bonchev–Trinajstić information content (AvgIpc) is 2.67. The molecular formula is C20H20BNO2S. The largest absolute Gasteiger partial charge is 0.241 e. The van der Waals surface area contributed by atoms with Gasteiger partial charge in [0.05, 0.1) is 10.9 Å². The summed E-state index contributed by atoms with van der Waals surface area (Å²) < 4.78 is 28.6. The molecule has 0 bridgehead atoms. The lowest BCUT2D eigenvalue weighted by Gasteiger charge is -2.20. The molecule has 25 heavy (non-hydrogen) atoms. The molecule has 0 saturated heterocycles. The van der Waals surface area contributed by atoms with Gasteiger partial charge in [0.25, 0.3) is 0 Å². The van der Waals surface area contributed by atoms with E-state index in [1.165, 1.54) is 0 Å². The second kappa shape index (κ2) is 7.68. The Kier molecular flexibility index (Phi) is 5.36. The van der Waals surface area contributed by atoms with Crippen molar-refractivity contribution >= 4 is 17.9 Å². The molecule has 3 nitrogen and oxygen atoms in total. The molecule has 3 aromatic rings. The maximum Gasteiger partial charge on any atom is 0.241 e. The van der Waals surface area contributed by atoms with Crippen LogP contribution in [0.5, 0.6) is 0 Å². The summed E-state index contributed by atoms with van der Waals surface area (Å²) >= 11 is 0. The van der Waals surface area contributed by atoms with E-state index in [2.05, 4.69) is 4.72 Å². The van der Waals surface area contributed by atoms with Crippen molar-refractivity contribution in [1.29, 1.82) is 0 Å². The van der Waals surface area contributed by atoms with Gasteiger partial charge in [-0.05, 0) is 23.3 Å². The van der Waals surface area contributed by atoms with E-state index in [1.807, 2.05) is 80.6 Å². The van der Waals surface area contributed by atoms with Crippen molar-refractivity contribution in [3.63, 3.8) is 0 Å². The summed E-state index contributed by atoms with van der Waals surface area (Å²) in [6.45, 7) is 0. The molecule has 1 N–H and O–H groups in total. The van der Waals surface area contributed by atoms with Gasteiger partial charge in [-0.1, -0.05) is 84.7 Å². The van der Waals surface area contributed by atoms with Crippen molar-refractivity contribution in [1.82, 2.24) is 4.72 Å². The van der Waals surface area contributed by atoms with Gasteiger partial charge in [0.1, 0.15) is 7.85 Å². The first kappa shape index (κ1) is 17.5. The summed E-state index contributed by atoms with van der Waals surface area (Å²) in [7, 11) is -1.59. The maximum absolute atomic E-state index is 12.9. The van der Waals surface area contributed by atoms with Gasteiger partial charge in [0, 0.05) is 0 Å². The second-order valence-electron chi connectivity index (χ2n) is 5.87. The molecule has 3 rings (SSSR count). The van der Waals surface area contributed by atoms with Crippen molar-refractivity contribution in [2.24, 2.45) is 0 Å². The summed E-state index contributed by atoms with van der Waals surface area (Å²) in [5.74, 6) is 0. The lowest BCUT2D eigenvalue weighted by molar-refractivity contribution is 0.572. The van der Waals surface area contributed by atoms with Crippen molar-refractivity contribution < 1.29 is 8.42 Å². The molecule has 0 spiro atoms. The molecule has 0 aliphatic heterocycles. The molecule has 3 aromatic carbocycles. The predicted molar refractivity (Wildman–Crippen MR) is 104 cm³/mol. The Bertz CT molecular complexity index is 871. The minimum atomic E-state index is -3.63.